The molecule has 0 radical (unpaired) electrons. The van der Waals surface area contributed by atoms with Crippen LogP contribution in [0.3, 0.4) is 0 Å². The van der Waals surface area contributed by atoms with Gasteiger partial charge in [0, 0.05) is 44.4 Å². The summed E-state index contributed by atoms with van der Waals surface area (Å²) in [6, 6.07) is 11.7. The molecule has 3 atom stereocenters. The smallest absolute Gasteiger partial charge is 0.270 e. The number of hydrogen-bond donors (Lipinski definition) is 1. The molecule has 0 saturated carbocycles. The van der Waals surface area contributed by atoms with Crippen molar-refractivity contribution in [1.29, 1.82) is 0 Å². The standard InChI is InChI=1S/C30H42N4O3/c1-20-21(2)28(37-17-16-36-4)13-12-26(20)22(3)34-24-10-11-25(34)19-23(18-24)31-30(35)27-8-7-9-29(32-27)33-14-5-6-15-33/h7-9,12-13,22-25H,5-6,10-11,14-19H2,1-4H3,(H,31,35). The minimum atomic E-state index is -0.0394. The monoisotopic (exact) mass is 506 g/mol. The van der Waals surface area contributed by atoms with Gasteiger partial charge in [-0.2, -0.15) is 0 Å². The molecule has 1 amide bonds. The van der Waals surface area contributed by atoms with Gasteiger partial charge in [0.25, 0.3) is 5.91 Å². The maximum absolute atomic E-state index is 13.1. The second-order valence-corrected chi connectivity index (χ2v) is 11.0. The van der Waals surface area contributed by atoms with Gasteiger partial charge in [-0.3, -0.25) is 9.69 Å². The largest absolute Gasteiger partial charge is 0.491 e. The number of carbonyl (C=O) groups excluding carboxylic acids is 1. The summed E-state index contributed by atoms with van der Waals surface area (Å²) in [6.07, 6.45) is 6.77. The Balaban J connectivity index is 1.23. The number of methoxy groups -OCH3 is 1. The SMILES string of the molecule is COCCOc1ccc(C(C)N2C3CCC2CC(NC(=O)c2cccc(N4CCCC4)n2)C3)c(C)c1C. The van der Waals surface area contributed by atoms with E-state index in [0.29, 0.717) is 37.0 Å². The molecule has 1 aromatic carbocycles. The Morgan fingerprint density at radius 2 is 1.78 bits per heavy atom. The number of anilines is 1. The van der Waals surface area contributed by atoms with Gasteiger partial charge in [0.05, 0.1) is 6.61 Å². The highest BCUT2D eigenvalue weighted by molar-refractivity contribution is 5.92. The van der Waals surface area contributed by atoms with Gasteiger partial charge in [-0.25, -0.2) is 4.98 Å². The van der Waals surface area contributed by atoms with E-state index >= 15 is 0 Å². The van der Waals surface area contributed by atoms with Crippen LogP contribution in [0.15, 0.2) is 30.3 Å². The Bertz CT molecular complexity index is 1090. The Labute approximate surface area is 221 Å². The molecule has 0 spiro atoms. The highest BCUT2D eigenvalue weighted by atomic mass is 16.5. The molecule has 2 aromatic rings. The van der Waals surface area contributed by atoms with Gasteiger partial charge in [0.2, 0.25) is 0 Å². The average Bonchev–Trinajstić information content (AvgIpc) is 3.53. The van der Waals surface area contributed by atoms with Crippen molar-refractivity contribution >= 4 is 11.7 Å². The van der Waals surface area contributed by atoms with Crippen LogP contribution in [0.1, 0.15) is 78.7 Å². The molecule has 3 aliphatic rings. The normalized spacial score (nSPS) is 24.3. The summed E-state index contributed by atoms with van der Waals surface area (Å²) in [7, 11) is 1.69. The van der Waals surface area contributed by atoms with Crippen molar-refractivity contribution in [3.63, 3.8) is 0 Å². The second kappa shape index (κ2) is 11.4. The summed E-state index contributed by atoms with van der Waals surface area (Å²) >= 11 is 0. The lowest BCUT2D eigenvalue weighted by atomic mass is 9.91. The van der Waals surface area contributed by atoms with Gasteiger partial charge < -0.3 is 19.7 Å². The summed E-state index contributed by atoms with van der Waals surface area (Å²) in [5.74, 6) is 1.83. The van der Waals surface area contributed by atoms with E-state index in [1.54, 1.807) is 7.11 Å². The van der Waals surface area contributed by atoms with E-state index in [0.717, 1.165) is 37.5 Å². The molecule has 4 heterocycles. The van der Waals surface area contributed by atoms with E-state index in [2.05, 4.69) is 48.0 Å². The van der Waals surface area contributed by atoms with Crippen LogP contribution < -0.4 is 15.0 Å². The quantitative estimate of drug-likeness (QED) is 0.493. The van der Waals surface area contributed by atoms with Crippen LogP contribution in [0, 0.1) is 13.8 Å². The van der Waals surface area contributed by atoms with E-state index < -0.39 is 0 Å². The predicted molar refractivity (Wildman–Crippen MR) is 147 cm³/mol. The van der Waals surface area contributed by atoms with Gasteiger partial charge in [0.1, 0.15) is 23.9 Å². The number of aromatic nitrogens is 1. The number of rotatable bonds is 9. The van der Waals surface area contributed by atoms with Gasteiger partial charge in [0.15, 0.2) is 0 Å². The van der Waals surface area contributed by atoms with Gasteiger partial charge >= 0.3 is 0 Å². The fourth-order valence-corrected chi connectivity index (χ4v) is 6.72. The number of ether oxygens (including phenoxy) is 2. The molecular formula is C30H42N4O3. The first-order valence-corrected chi connectivity index (χ1v) is 14.0. The summed E-state index contributed by atoms with van der Waals surface area (Å²) in [4.78, 5) is 22.8. The molecule has 3 aliphatic heterocycles. The minimum absolute atomic E-state index is 0.0394. The summed E-state index contributed by atoms with van der Waals surface area (Å²) in [5.41, 5.74) is 4.42. The van der Waals surface area contributed by atoms with Crippen LogP contribution in [-0.2, 0) is 4.74 Å². The third-order valence-corrected chi connectivity index (χ3v) is 8.74. The molecule has 3 fully saturated rings. The topological polar surface area (TPSA) is 66.9 Å². The molecule has 1 N–H and O–H groups in total. The van der Waals surface area contributed by atoms with Crippen molar-refractivity contribution < 1.29 is 14.3 Å². The number of piperidine rings is 1. The third-order valence-electron chi connectivity index (χ3n) is 8.74. The molecule has 200 valence electrons. The average molecular weight is 507 g/mol. The van der Waals surface area contributed by atoms with Crippen LogP contribution in [0.2, 0.25) is 0 Å². The molecular weight excluding hydrogens is 464 g/mol. The highest BCUT2D eigenvalue weighted by Crippen LogP contribution is 2.43. The summed E-state index contributed by atoms with van der Waals surface area (Å²) in [6.45, 7) is 9.91. The van der Waals surface area contributed by atoms with E-state index in [-0.39, 0.29) is 11.9 Å². The number of amides is 1. The highest BCUT2D eigenvalue weighted by Gasteiger charge is 2.43. The van der Waals surface area contributed by atoms with Gasteiger partial charge in [-0.1, -0.05) is 12.1 Å². The van der Waals surface area contributed by atoms with E-state index in [9.17, 15) is 4.79 Å². The fraction of sp³-hybridized carbons (Fsp3) is 0.600. The van der Waals surface area contributed by atoms with E-state index in [1.807, 2.05) is 18.2 Å². The number of benzene rings is 1. The van der Waals surface area contributed by atoms with Crippen molar-refractivity contribution in [2.45, 2.75) is 83.5 Å². The maximum atomic E-state index is 13.1. The van der Waals surface area contributed by atoms with Crippen molar-refractivity contribution in [3.05, 3.63) is 52.7 Å². The first-order valence-electron chi connectivity index (χ1n) is 14.0. The zero-order valence-electron chi connectivity index (χ0n) is 22.8. The molecule has 3 unspecified atom stereocenters. The lowest BCUT2D eigenvalue weighted by Crippen LogP contribution is -2.51. The van der Waals surface area contributed by atoms with Crippen molar-refractivity contribution in [2.24, 2.45) is 0 Å². The van der Waals surface area contributed by atoms with Gasteiger partial charge in [-0.15, -0.1) is 0 Å². The second-order valence-electron chi connectivity index (χ2n) is 11.0. The number of pyridine rings is 1. The molecule has 5 rings (SSSR count). The number of carbonyl (C=O) groups is 1. The Morgan fingerprint density at radius 1 is 1.05 bits per heavy atom. The molecule has 7 heteroatoms. The van der Waals surface area contributed by atoms with Gasteiger partial charge in [-0.05, 0) is 94.2 Å². The Morgan fingerprint density at radius 3 is 2.49 bits per heavy atom. The predicted octanol–water partition coefficient (Wildman–Crippen LogP) is 4.81. The number of nitrogens with one attached hydrogen (secondary N) is 1. The Kier molecular flexibility index (Phi) is 8.01. The molecule has 7 nitrogen and oxygen atoms in total. The minimum Gasteiger partial charge on any atom is -0.491 e. The van der Waals surface area contributed by atoms with E-state index in [1.165, 1.54) is 42.4 Å². The van der Waals surface area contributed by atoms with Crippen molar-refractivity contribution in [2.75, 3.05) is 38.3 Å². The fourth-order valence-electron chi connectivity index (χ4n) is 6.72. The number of nitrogens with zero attached hydrogens (tertiary/aromatic N) is 3. The number of fused-ring (bicyclic) bond motifs is 2. The van der Waals surface area contributed by atoms with Crippen LogP contribution >= 0.6 is 0 Å². The Hall–Kier alpha value is -2.64. The first kappa shape index (κ1) is 26.0. The summed E-state index contributed by atoms with van der Waals surface area (Å²) in [5, 5.41) is 3.33. The van der Waals surface area contributed by atoms with Crippen molar-refractivity contribution in [1.82, 2.24) is 15.2 Å². The lowest BCUT2D eigenvalue weighted by Gasteiger charge is -2.43. The maximum Gasteiger partial charge on any atom is 0.270 e. The van der Waals surface area contributed by atoms with Crippen LogP contribution in [0.25, 0.3) is 0 Å². The molecule has 0 aliphatic carbocycles. The first-order chi connectivity index (χ1) is 18.0. The zero-order chi connectivity index (χ0) is 25.9. The number of hydrogen-bond acceptors (Lipinski definition) is 6. The molecule has 37 heavy (non-hydrogen) atoms. The van der Waals surface area contributed by atoms with Crippen LogP contribution in [-0.4, -0.2) is 67.3 Å². The van der Waals surface area contributed by atoms with E-state index in [4.69, 9.17) is 14.5 Å². The lowest BCUT2D eigenvalue weighted by molar-refractivity contribution is 0.0687. The van der Waals surface area contributed by atoms with Crippen LogP contribution in [0.5, 0.6) is 5.75 Å². The zero-order valence-corrected chi connectivity index (χ0v) is 22.8. The molecule has 3 saturated heterocycles. The van der Waals surface area contributed by atoms with Crippen LogP contribution in [0.4, 0.5) is 5.82 Å². The summed E-state index contributed by atoms with van der Waals surface area (Å²) < 4.78 is 11.1. The molecule has 2 bridgehead atoms. The van der Waals surface area contributed by atoms with Crippen molar-refractivity contribution in [3.8, 4) is 5.75 Å². The molecule has 1 aromatic heterocycles. The third kappa shape index (κ3) is 5.48.